The number of hydrogen-bond donors (Lipinski definition) is 0. The smallest absolute Gasteiger partial charge is 0.223 e. The zero-order chi connectivity index (χ0) is 14.9. The number of fused-ring (bicyclic) bond motifs is 1. The van der Waals surface area contributed by atoms with Gasteiger partial charge in [0.25, 0.3) is 0 Å². The Labute approximate surface area is 134 Å². The van der Waals surface area contributed by atoms with E-state index < -0.39 is 0 Å². The highest BCUT2D eigenvalue weighted by atomic mass is 32.1. The first-order valence-electron chi connectivity index (χ1n) is 8.13. The van der Waals surface area contributed by atoms with Gasteiger partial charge in [-0.2, -0.15) is 0 Å². The van der Waals surface area contributed by atoms with Crippen LogP contribution in [-0.4, -0.2) is 22.3 Å². The minimum atomic E-state index is 0.190. The molecule has 1 aliphatic carbocycles. The summed E-state index contributed by atoms with van der Waals surface area (Å²) < 4.78 is 1.22. The van der Waals surface area contributed by atoms with E-state index in [2.05, 4.69) is 29.2 Å². The van der Waals surface area contributed by atoms with Crippen LogP contribution in [0, 0.1) is 5.92 Å². The van der Waals surface area contributed by atoms with E-state index in [9.17, 15) is 4.79 Å². The molecule has 4 rings (SSSR count). The number of aromatic nitrogens is 1. The third-order valence-corrected chi connectivity index (χ3v) is 5.86. The van der Waals surface area contributed by atoms with Crippen LogP contribution in [0.2, 0.25) is 0 Å². The Hall–Kier alpha value is -1.68. The fourth-order valence-corrected chi connectivity index (χ4v) is 4.68. The average molecular weight is 312 g/mol. The van der Waals surface area contributed by atoms with Gasteiger partial charge in [-0.05, 0) is 43.7 Å². The standard InChI is InChI=1S/C18H20N2OS/c21-17(12-13-6-1-2-7-13)20-11-5-9-15(20)18-19-14-8-3-4-10-16(14)22-18/h1,3-4,6,8,10,13,15H,2,5,7,9,11-12H2. The monoisotopic (exact) mass is 312 g/mol. The number of hydrogen-bond acceptors (Lipinski definition) is 3. The van der Waals surface area contributed by atoms with E-state index in [0.717, 1.165) is 42.8 Å². The molecule has 0 bridgehead atoms. The summed E-state index contributed by atoms with van der Waals surface area (Å²) in [4.78, 5) is 19.5. The van der Waals surface area contributed by atoms with Crippen molar-refractivity contribution in [3.63, 3.8) is 0 Å². The highest BCUT2D eigenvalue weighted by Crippen LogP contribution is 2.37. The Morgan fingerprint density at radius 2 is 2.23 bits per heavy atom. The van der Waals surface area contributed by atoms with Crippen LogP contribution >= 0.6 is 11.3 Å². The normalized spacial score (nSPS) is 24.5. The molecule has 1 saturated heterocycles. The quantitative estimate of drug-likeness (QED) is 0.791. The highest BCUT2D eigenvalue weighted by Gasteiger charge is 2.32. The summed E-state index contributed by atoms with van der Waals surface area (Å²) in [7, 11) is 0. The summed E-state index contributed by atoms with van der Waals surface area (Å²) >= 11 is 1.74. The Morgan fingerprint density at radius 1 is 1.32 bits per heavy atom. The second-order valence-corrected chi connectivity index (χ2v) is 7.30. The van der Waals surface area contributed by atoms with Crippen molar-refractivity contribution in [2.75, 3.05) is 6.54 Å². The molecule has 2 unspecified atom stereocenters. The first-order chi connectivity index (χ1) is 10.8. The van der Waals surface area contributed by atoms with Gasteiger partial charge in [0.1, 0.15) is 5.01 Å². The predicted molar refractivity (Wildman–Crippen MR) is 89.8 cm³/mol. The number of allylic oxidation sites excluding steroid dienone is 2. The lowest BCUT2D eigenvalue weighted by Crippen LogP contribution is -2.31. The summed E-state index contributed by atoms with van der Waals surface area (Å²) in [6, 6.07) is 8.43. The molecule has 2 atom stereocenters. The molecule has 114 valence electrons. The van der Waals surface area contributed by atoms with Crippen LogP contribution in [0.25, 0.3) is 10.2 Å². The Bertz CT molecular complexity index is 688. The Kier molecular flexibility index (Phi) is 3.70. The highest BCUT2D eigenvalue weighted by molar-refractivity contribution is 7.18. The molecule has 2 aromatic rings. The lowest BCUT2D eigenvalue weighted by molar-refractivity contribution is -0.132. The summed E-state index contributed by atoms with van der Waals surface area (Å²) in [5.41, 5.74) is 1.06. The number of likely N-dealkylation sites (tertiary alicyclic amines) is 1. The van der Waals surface area contributed by atoms with E-state index in [-0.39, 0.29) is 6.04 Å². The maximum absolute atomic E-state index is 12.7. The Balaban J connectivity index is 1.54. The minimum Gasteiger partial charge on any atom is -0.333 e. The van der Waals surface area contributed by atoms with Gasteiger partial charge in [-0.1, -0.05) is 24.3 Å². The summed E-state index contributed by atoms with van der Waals surface area (Å²) in [5, 5.41) is 1.11. The third kappa shape index (κ3) is 2.56. The fraction of sp³-hybridized carbons (Fsp3) is 0.444. The van der Waals surface area contributed by atoms with Gasteiger partial charge >= 0.3 is 0 Å². The van der Waals surface area contributed by atoms with Crippen molar-refractivity contribution >= 4 is 27.5 Å². The molecule has 1 amide bonds. The van der Waals surface area contributed by atoms with Crippen molar-refractivity contribution in [3.8, 4) is 0 Å². The van der Waals surface area contributed by atoms with Gasteiger partial charge in [0.05, 0.1) is 16.3 Å². The van der Waals surface area contributed by atoms with Crippen LogP contribution in [0.15, 0.2) is 36.4 Å². The number of carbonyl (C=O) groups excluding carboxylic acids is 1. The van der Waals surface area contributed by atoms with Crippen LogP contribution < -0.4 is 0 Å². The SMILES string of the molecule is O=C(CC1C=CCC1)N1CCCC1c1nc2ccccc2s1. The molecular weight excluding hydrogens is 292 g/mol. The maximum atomic E-state index is 12.7. The number of thiazole rings is 1. The molecule has 1 aliphatic heterocycles. The number of nitrogens with zero attached hydrogens (tertiary/aromatic N) is 2. The second kappa shape index (κ2) is 5.84. The van der Waals surface area contributed by atoms with Crippen LogP contribution in [-0.2, 0) is 4.79 Å². The molecule has 1 fully saturated rings. The maximum Gasteiger partial charge on any atom is 0.223 e. The van der Waals surface area contributed by atoms with Crippen molar-refractivity contribution in [2.45, 2.75) is 38.1 Å². The van der Waals surface area contributed by atoms with Crippen molar-refractivity contribution in [2.24, 2.45) is 5.92 Å². The average Bonchev–Trinajstić information content (AvgIpc) is 3.26. The van der Waals surface area contributed by atoms with Crippen molar-refractivity contribution in [3.05, 3.63) is 41.4 Å². The third-order valence-electron chi connectivity index (χ3n) is 4.72. The van der Waals surface area contributed by atoms with E-state index in [1.807, 2.05) is 12.1 Å². The minimum absolute atomic E-state index is 0.190. The van der Waals surface area contributed by atoms with Crippen LogP contribution in [0.3, 0.4) is 0 Å². The number of benzene rings is 1. The topological polar surface area (TPSA) is 33.2 Å². The second-order valence-electron chi connectivity index (χ2n) is 6.23. The molecule has 0 spiro atoms. The van der Waals surface area contributed by atoms with E-state index in [4.69, 9.17) is 4.98 Å². The van der Waals surface area contributed by atoms with E-state index in [1.165, 1.54) is 4.70 Å². The summed E-state index contributed by atoms with van der Waals surface area (Å²) in [6.07, 6.45) is 9.47. The summed E-state index contributed by atoms with van der Waals surface area (Å²) in [6.45, 7) is 0.885. The molecule has 3 nitrogen and oxygen atoms in total. The molecule has 4 heteroatoms. The van der Waals surface area contributed by atoms with E-state index in [1.54, 1.807) is 11.3 Å². The van der Waals surface area contributed by atoms with Crippen molar-refractivity contribution < 1.29 is 4.79 Å². The largest absolute Gasteiger partial charge is 0.333 e. The molecule has 0 N–H and O–H groups in total. The zero-order valence-electron chi connectivity index (χ0n) is 12.6. The molecule has 2 aliphatic rings. The lowest BCUT2D eigenvalue weighted by Gasteiger charge is -2.24. The van der Waals surface area contributed by atoms with Gasteiger partial charge < -0.3 is 4.90 Å². The fourth-order valence-electron chi connectivity index (χ4n) is 3.56. The van der Waals surface area contributed by atoms with Crippen LogP contribution in [0.1, 0.15) is 43.2 Å². The molecule has 0 radical (unpaired) electrons. The molecule has 22 heavy (non-hydrogen) atoms. The van der Waals surface area contributed by atoms with Gasteiger partial charge in [-0.15, -0.1) is 11.3 Å². The van der Waals surface area contributed by atoms with Crippen molar-refractivity contribution in [1.82, 2.24) is 9.88 Å². The molecule has 0 saturated carbocycles. The molecular formula is C18H20N2OS. The van der Waals surface area contributed by atoms with Gasteiger partial charge in [0.15, 0.2) is 0 Å². The van der Waals surface area contributed by atoms with Gasteiger partial charge in [0.2, 0.25) is 5.91 Å². The number of carbonyl (C=O) groups is 1. The lowest BCUT2D eigenvalue weighted by atomic mass is 10.0. The molecule has 2 heterocycles. The first kappa shape index (κ1) is 13.9. The number of rotatable bonds is 3. The number of amides is 1. The number of para-hydroxylation sites is 1. The van der Waals surface area contributed by atoms with Gasteiger partial charge in [-0.25, -0.2) is 4.98 Å². The van der Waals surface area contributed by atoms with E-state index >= 15 is 0 Å². The zero-order valence-corrected chi connectivity index (χ0v) is 13.4. The van der Waals surface area contributed by atoms with Gasteiger partial charge in [-0.3, -0.25) is 4.79 Å². The van der Waals surface area contributed by atoms with Crippen molar-refractivity contribution in [1.29, 1.82) is 0 Å². The Morgan fingerprint density at radius 3 is 3.05 bits per heavy atom. The van der Waals surface area contributed by atoms with Crippen LogP contribution in [0.5, 0.6) is 0 Å². The van der Waals surface area contributed by atoms with E-state index in [0.29, 0.717) is 18.2 Å². The molecule has 1 aromatic carbocycles. The summed E-state index contributed by atoms with van der Waals surface area (Å²) in [5.74, 6) is 0.752. The predicted octanol–water partition coefficient (Wildman–Crippen LogP) is 4.32. The first-order valence-corrected chi connectivity index (χ1v) is 8.94. The van der Waals surface area contributed by atoms with Gasteiger partial charge in [0, 0.05) is 13.0 Å². The van der Waals surface area contributed by atoms with Crippen LogP contribution in [0.4, 0.5) is 0 Å². The molecule has 1 aromatic heterocycles.